The minimum atomic E-state index is -3.92. The quantitative estimate of drug-likeness (QED) is 0.107. The van der Waals surface area contributed by atoms with E-state index in [2.05, 4.69) is 72.0 Å². The zero-order valence-corrected chi connectivity index (χ0v) is 30.5. The van der Waals surface area contributed by atoms with Gasteiger partial charge >= 0.3 is 0 Å². The van der Waals surface area contributed by atoms with Crippen LogP contribution in [0, 0.1) is 24.7 Å². The van der Waals surface area contributed by atoms with Crippen molar-refractivity contribution in [3.63, 3.8) is 0 Å². The van der Waals surface area contributed by atoms with Crippen LogP contribution in [0.4, 0.5) is 0 Å². The van der Waals surface area contributed by atoms with Crippen LogP contribution in [0.3, 0.4) is 0 Å². The number of rotatable bonds is 17. The van der Waals surface area contributed by atoms with Crippen molar-refractivity contribution in [2.45, 2.75) is 96.9 Å². The van der Waals surface area contributed by atoms with Crippen molar-refractivity contribution < 1.29 is 26.5 Å². The first-order chi connectivity index (χ1) is 21.1. The van der Waals surface area contributed by atoms with Gasteiger partial charge in [0.25, 0.3) is 10.1 Å². The largest absolute Gasteiger partial charge is 0.413 e. The molecule has 0 unspecified atom stereocenters. The highest BCUT2D eigenvalue weighted by atomic mass is 32.2. The molecule has 0 fully saturated rings. The molecule has 5 atom stereocenters. The summed E-state index contributed by atoms with van der Waals surface area (Å²) in [5.74, 6) is -0.268. The maximum Gasteiger partial charge on any atom is 0.296 e. The van der Waals surface area contributed by atoms with Gasteiger partial charge in [-0.05, 0) is 48.3 Å². The summed E-state index contributed by atoms with van der Waals surface area (Å²) in [6, 6.07) is 27.0. The van der Waals surface area contributed by atoms with Crippen molar-refractivity contribution in [1.29, 1.82) is 0 Å². The van der Waals surface area contributed by atoms with Crippen molar-refractivity contribution in [3.05, 3.63) is 102 Å². The van der Waals surface area contributed by atoms with Crippen LogP contribution in [0.15, 0.2) is 89.8 Å². The molecule has 0 aliphatic carbocycles. The number of aryl methyl sites for hydroxylation is 1. The fraction of sp³-hybridized carbons (Fsp3) is 0.514. The van der Waals surface area contributed by atoms with Crippen LogP contribution in [-0.2, 0) is 41.4 Å². The van der Waals surface area contributed by atoms with E-state index in [1.807, 2.05) is 50.2 Å². The number of hydrogen-bond donors (Lipinski definition) is 0. The highest BCUT2D eigenvalue weighted by Crippen LogP contribution is 2.40. The van der Waals surface area contributed by atoms with Gasteiger partial charge < -0.3 is 13.9 Å². The molecule has 0 aliphatic heterocycles. The van der Waals surface area contributed by atoms with Crippen LogP contribution in [0.1, 0.15) is 58.2 Å². The van der Waals surface area contributed by atoms with Gasteiger partial charge in [0, 0.05) is 17.8 Å². The standard InChI is InChI=1S/C37H54O6SSi/c1-28-20-22-34(23-21-28)44(38,39)42-25-30(3)36(43-45(8,9)37(5,6)7)31(4)35(41-27-33-18-14-11-15-19-33)29(2)24-40-26-32-16-12-10-13-17-32/h10-23,29-31,35-36H,24-27H2,1-9H3/t29-,30-,31-,35-,36-/m1/s1. The van der Waals surface area contributed by atoms with Crippen LogP contribution < -0.4 is 0 Å². The van der Waals surface area contributed by atoms with Gasteiger partial charge in [-0.25, -0.2) is 0 Å². The Hall–Kier alpha value is -2.33. The lowest BCUT2D eigenvalue weighted by atomic mass is 9.84. The fourth-order valence-corrected chi connectivity index (χ4v) is 7.62. The molecule has 3 aromatic carbocycles. The molecule has 3 aromatic rings. The zero-order chi connectivity index (χ0) is 33.3. The van der Waals surface area contributed by atoms with Gasteiger partial charge in [0.05, 0.1) is 43.5 Å². The molecular weight excluding hydrogens is 601 g/mol. The Morgan fingerprint density at radius 2 is 1.22 bits per heavy atom. The first-order valence-corrected chi connectivity index (χ1v) is 20.3. The van der Waals surface area contributed by atoms with Crippen LogP contribution in [0.25, 0.3) is 0 Å². The molecule has 248 valence electrons. The van der Waals surface area contributed by atoms with E-state index in [0.29, 0.717) is 19.8 Å². The van der Waals surface area contributed by atoms with E-state index in [-0.39, 0.29) is 46.5 Å². The van der Waals surface area contributed by atoms with E-state index in [1.165, 1.54) is 0 Å². The van der Waals surface area contributed by atoms with E-state index < -0.39 is 18.4 Å². The average Bonchev–Trinajstić information content (AvgIpc) is 2.99. The maximum absolute atomic E-state index is 13.1. The lowest BCUT2D eigenvalue weighted by Crippen LogP contribution is -2.51. The molecule has 0 saturated heterocycles. The predicted octanol–water partition coefficient (Wildman–Crippen LogP) is 8.80. The second-order valence-corrected chi connectivity index (χ2v) is 20.3. The molecule has 0 amide bonds. The maximum atomic E-state index is 13.1. The summed E-state index contributed by atoms with van der Waals surface area (Å²) >= 11 is 0. The van der Waals surface area contributed by atoms with E-state index >= 15 is 0 Å². The number of benzene rings is 3. The summed E-state index contributed by atoms with van der Waals surface area (Å²) in [5, 5.41) is -0.0374. The van der Waals surface area contributed by atoms with Crippen molar-refractivity contribution in [2.24, 2.45) is 17.8 Å². The molecule has 0 aromatic heterocycles. The first-order valence-electron chi connectivity index (χ1n) is 16.0. The molecule has 0 saturated carbocycles. The normalized spacial score (nSPS) is 16.1. The summed E-state index contributed by atoms with van der Waals surface area (Å²) in [6.45, 7) is 20.9. The SMILES string of the molecule is Cc1ccc(S(=O)(=O)OC[C@@H](C)[C@@H](O[Si](C)(C)C(C)(C)C)[C@H](C)[C@H](OCc2ccccc2)[C@H](C)COCc2ccccc2)cc1. The third kappa shape index (κ3) is 11.2. The lowest BCUT2D eigenvalue weighted by Gasteiger charge is -2.45. The van der Waals surface area contributed by atoms with Crippen LogP contribution >= 0.6 is 0 Å². The van der Waals surface area contributed by atoms with Crippen LogP contribution in [-0.4, -0.2) is 42.2 Å². The molecule has 0 radical (unpaired) electrons. The van der Waals surface area contributed by atoms with E-state index in [1.54, 1.807) is 24.3 Å². The zero-order valence-electron chi connectivity index (χ0n) is 28.7. The Labute approximate surface area is 273 Å². The summed E-state index contributed by atoms with van der Waals surface area (Å²) in [5.41, 5.74) is 3.20. The highest BCUT2D eigenvalue weighted by molar-refractivity contribution is 7.86. The molecule has 3 rings (SSSR count). The van der Waals surface area contributed by atoms with Gasteiger partial charge in [0.1, 0.15) is 0 Å². The number of ether oxygens (including phenoxy) is 2. The molecular formula is C37H54O6SSi. The molecule has 0 bridgehead atoms. The summed E-state index contributed by atoms with van der Waals surface area (Å²) in [6.07, 6.45) is -0.525. The average molecular weight is 655 g/mol. The van der Waals surface area contributed by atoms with Crippen molar-refractivity contribution in [1.82, 2.24) is 0 Å². The molecule has 0 N–H and O–H groups in total. The fourth-order valence-electron chi connectivity index (χ4n) is 5.14. The van der Waals surface area contributed by atoms with E-state index in [0.717, 1.165) is 16.7 Å². The number of hydrogen-bond acceptors (Lipinski definition) is 6. The van der Waals surface area contributed by atoms with Crippen molar-refractivity contribution >= 4 is 18.4 Å². The van der Waals surface area contributed by atoms with Crippen molar-refractivity contribution in [2.75, 3.05) is 13.2 Å². The van der Waals surface area contributed by atoms with E-state index in [9.17, 15) is 8.42 Å². The predicted molar refractivity (Wildman–Crippen MR) is 185 cm³/mol. The minimum absolute atomic E-state index is 0.00410. The second-order valence-electron chi connectivity index (χ2n) is 14.0. The van der Waals surface area contributed by atoms with Crippen LogP contribution in [0.2, 0.25) is 18.1 Å². The Morgan fingerprint density at radius 1 is 0.711 bits per heavy atom. The van der Waals surface area contributed by atoms with Gasteiger partial charge in [0.2, 0.25) is 0 Å². The van der Waals surface area contributed by atoms with Gasteiger partial charge in [-0.3, -0.25) is 4.18 Å². The third-order valence-corrected chi connectivity index (χ3v) is 14.7. The van der Waals surface area contributed by atoms with E-state index in [4.69, 9.17) is 18.1 Å². The third-order valence-electron chi connectivity index (χ3n) is 8.97. The molecule has 6 nitrogen and oxygen atoms in total. The molecule has 8 heteroatoms. The summed E-state index contributed by atoms with van der Waals surface area (Å²) in [7, 11) is -6.19. The summed E-state index contributed by atoms with van der Waals surface area (Å²) in [4.78, 5) is 0.156. The van der Waals surface area contributed by atoms with Gasteiger partial charge in [-0.15, -0.1) is 0 Å². The smallest absolute Gasteiger partial charge is 0.296 e. The van der Waals surface area contributed by atoms with Gasteiger partial charge in [-0.1, -0.05) is 120 Å². The second kappa shape index (κ2) is 16.5. The first kappa shape index (κ1) is 37.1. The van der Waals surface area contributed by atoms with Crippen LogP contribution in [0.5, 0.6) is 0 Å². The Balaban J connectivity index is 1.86. The molecule has 0 spiro atoms. The molecule has 0 heterocycles. The lowest BCUT2D eigenvalue weighted by molar-refractivity contribution is -0.0915. The molecule has 45 heavy (non-hydrogen) atoms. The van der Waals surface area contributed by atoms with Crippen molar-refractivity contribution in [3.8, 4) is 0 Å². The van der Waals surface area contributed by atoms with Gasteiger partial charge in [-0.2, -0.15) is 8.42 Å². The van der Waals surface area contributed by atoms with Gasteiger partial charge in [0.15, 0.2) is 8.32 Å². The summed E-state index contributed by atoms with van der Waals surface area (Å²) < 4.78 is 51.9. The monoisotopic (exact) mass is 654 g/mol. The Morgan fingerprint density at radius 3 is 1.76 bits per heavy atom. The minimum Gasteiger partial charge on any atom is -0.413 e. The topological polar surface area (TPSA) is 71.1 Å². The Bertz CT molecular complexity index is 1390. The highest BCUT2D eigenvalue weighted by Gasteiger charge is 2.44. The Kier molecular flexibility index (Phi) is 13.6. The molecule has 0 aliphatic rings.